The van der Waals surface area contributed by atoms with Crippen molar-refractivity contribution in [1.82, 2.24) is 9.62 Å². The van der Waals surface area contributed by atoms with Crippen LogP contribution < -0.4 is 4.72 Å². The molecule has 2 heterocycles. The molecule has 3 rings (SSSR count). The van der Waals surface area contributed by atoms with E-state index in [4.69, 9.17) is 0 Å². The van der Waals surface area contributed by atoms with Crippen LogP contribution in [0.15, 0.2) is 29.2 Å². The van der Waals surface area contributed by atoms with Gasteiger partial charge in [0.25, 0.3) is 0 Å². The molecule has 25 heavy (non-hydrogen) atoms. The molecule has 6 heteroatoms. The van der Waals surface area contributed by atoms with Gasteiger partial charge in [-0.2, -0.15) is 11.8 Å². The van der Waals surface area contributed by atoms with E-state index < -0.39 is 10.0 Å². The summed E-state index contributed by atoms with van der Waals surface area (Å²) in [5.41, 5.74) is 1.19. The average Bonchev–Trinajstić information content (AvgIpc) is 3.16. The Kier molecular flexibility index (Phi) is 6.83. The first kappa shape index (κ1) is 19.2. The third-order valence-corrected chi connectivity index (χ3v) is 7.99. The van der Waals surface area contributed by atoms with E-state index in [9.17, 15) is 8.42 Å². The van der Waals surface area contributed by atoms with Gasteiger partial charge in [0, 0.05) is 18.3 Å². The van der Waals surface area contributed by atoms with Gasteiger partial charge in [0.15, 0.2) is 0 Å². The minimum atomic E-state index is -3.39. The molecular formula is C19H30N2O2S2. The lowest BCUT2D eigenvalue weighted by atomic mass is 9.96. The number of sulfonamides is 1. The predicted molar refractivity (Wildman–Crippen MR) is 106 cm³/mol. The van der Waals surface area contributed by atoms with Crippen molar-refractivity contribution in [3.8, 4) is 0 Å². The third kappa shape index (κ3) is 5.22. The Labute approximate surface area is 156 Å². The van der Waals surface area contributed by atoms with Gasteiger partial charge in [-0.3, -0.25) is 4.90 Å². The standard InChI is InChI=1S/C19H30N2O2S2/c1-2-3-16-4-6-19(7-5-16)25(22,23)20-14-17-8-11-21(12-9-17)18-10-13-24-15-18/h4-7,17-18,20H,2-3,8-15H2,1H3. The van der Waals surface area contributed by atoms with Gasteiger partial charge < -0.3 is 0 Å². The van der Waals surface area contributed by atoms with Crippen LogP contribution in [0.2, 0.25) is 0 Å². The van der Waals surface area contributed by atoms with Gasteiger partial charge in [-0.25, -0.2) is 13.1 Å². The number of aryl methyl sites for hydroxylation is 1. The average molecular weight is 383 g/mol. The minimum absolute atomic E-state index is 0.382. The first-order chi connectivity index (χ1) is 12.1. The third-order valence-electron chi connectivity index (χ3n) is 5.41. The van der Waals surface area contributed by atoms with E-state index in [0.717, 1.165) is 44.8 Å². The monoisotopic (exact) mass is 382 g/mol. The maximum atomic E-state index is 12.5. The van der Waals surface area contributed by atoms with Gasteiger partial charge in [0.1, 0.15) is 0 Å². The van der Waals surface area contributed by atoms with E-state index >= 15 is 0 Å². The maximum absolute atomic E-state index is 12.5. The Bertz CT molecular complexity index is 632. The van der Waals surface area contributed by atoms with Crippen molar-refractivity contribution >= 4 is 21.8 Å². The number of nitrogens with zero attached hydrogens (tertiary/aromatic N) is 1. The van der Waals surface area contributed by atoms with Gasteiger partial charge in [-0.15, -0.1) is 0 Å². The van der Waals surface area contributed by atoms with Crippen LogP contribution in [0.3, 0.4) is 0 Å². The van der Waals surface area contributed by atoms with Crippen LogP contribution in [0, 0.1) is 5.92 Å². The number of hydrogen-bond acceptors (Lipinski definition) is 4. The first-order valence-electron chi connectivity index (χ1n) is 9.49. The van der Waals surface area contributed by atoms with E-state index in [-0.39, 0.29) is 0 Å². The van der Waals surface area contributed by atoms with Gasteiger partial charge in [0.05, 0.1) is 4.90 Å². The molecule has 2 aliphatic rings. The smallest absolute Gasteiger partial charge is 0.240 e. The highest BCUT2D eigenvalue weighted by Crippen LogP contribution is 2.26. The largest absolute Gasteiger partial charge is 0.300 e. The molecule has 1 N–H and O–H groups in total. The van der Waals surface area contributed by atoms with E-state index in [1.807, 2.05) is 12.1 Å². The molecule has 2 saturated heterocycles. The van der Waals surface area contributed by atoms with Crippen LogP contribution in [0.5, 0.6) is 0 Å². The van der Waals surface area contributed by atoms with Crippen molar-refractivity contribution in [3.63, 3.8) is 0 Å². The summed E-state index contributed by atoms with van der Waals surface area (Å²) in [7, 11) is -3.39. The molecule has 0 amide bonds. The molecule has 1 aromatic carbocycles. The zero-order valence-corrected chi connectivity index (χ0v) is 16.7. The molecule has 0 saturated carbocycles. The van der Waals surface area contributed by atoms with E-state index in [2.05, 4.69) is 28.3 Å². The lowest BCUT2D eigenvalue weighted by molar-refractivity contribution is 0.145. The number of likely N-dealkylation sites (tertiary alicyclic amines) is 1. The van der Waals surface area contributed by atoms with E-state index in [1.165, 1.54) is 23.5 Å². The Balaban J connectivity index is 1.47. The molecule has 0 aromatic heterocycles. The zero-order chi connectivity index (χ0) is 17.7. The molecule has 0 aliphatic carbocycles. The molecule has 2 aliphatic heterocycles. The summed E-state index contributed by atoms with van der Waals surface area (Å²) in [5, 5.41) is 0. The molecule has 4 nitrogen and oxygen atoms in total. The van der Waals surface area contributed by atoms with E-state index in [1.54, 1.807) is 12.1 Å². The highest BCUT2D eigenvalue weighted by atomic mass is 32.2. The number of thioether (sulfide) groups is 1. The van der Waals surface area contributed by atoms with E-state index in [0.29, 0.717) is 17.4 Å². The maximum Gasteiger partial charge on any atom is 0.240 e. The summed E-state index contributed by atoms with van der Waals surface area (Å²) in [4.78, 5) is 2.99. The second-order valence-corrected chi connectivity index (χ2v) is 10.2. The van der Waals surface area contributed by atoms with Gasteiger partial charge in [-0.1, -0.05) is 25.5 Å². The van der Waals surface area contributed by atoms with Crippen LogP contribution in [0.4, 0.5) is 0 Å². The van der Waals surface area contributed by atoms with Crippen LogP contribution in [-0.4, -0.2) is 50.5 Å². The number of hydrogen-bond donors (Lipinski definition) is 1. The van der Waals surface area contributed by atoms with Gasteiger partial charge in [0.2, 0.25) is 10.0 Å². The van der Waals surface area contributed by atoms with Crippen molar-refractivity contribution in [2.75, 3.05) is 31.1 Å². The summed E-state index contributed by atoms with van der Waals surface area (Å²) in [6.45, 7) is 4.92. The molecule has 140 valence electrons. The summed E-state index contributed by atoms with van der Waals surface area (Å²) >= 11 is 2.06. The quantitative estimate of drug-likeness (QED) is 0.787. The minimum Gasteiger partial charge on any atom is -0.300 e. The van der Waals surface area contributed by atoms with Crippen LogP contribution in [0.1, 0.15) is 38.2 Å². The highest BCUT2D eigenvalue weighted by Gasteiger charge is 2.28. The van der Waals surface area contributed by atoms with Crippen molar-refractivity contribution < 1.29 is 8.42 Å². The normalized spacial score (nSPS) is 23.2. The summed E-state index contributed by atoms with van der Waals surface area (Å²) in [6.07, 6.45) is 5.57. The van der Waals surface area contributed by atoms with Crippen LogP contribution in [-0.2, 0) is 16.4 Å². The highest BCUT2D eigenvalue weighted by molar-refractivity contribution is 7.99. The van der Waals surface area contributed by atoms with Gasteiger partial charge >= 0.3 is 0 Å². The number of rotatable bonds is 7. The van der Waals surface area contributed by atoms with Crippen molar-refractivity contribution in [3.05, 3.63) is 29.8 Å². The fourth-order valence-electron chi connectivity index (χ4n) is 3.77. The second kappa shape index (κ2) is 8.89. The Hall–Kier alpha value is -0.560. The molecule has 0 spiro atoms. The number of nitrogens with one attached hydrogen (secondary N) is 1. The van der Waals surface area contributed by atoms with Crippen molar-refractivity contribution in [2.24, 2.45) is 5.92 Å². The Morgan fingerprint density at radius 1 is 1.16 bits per heavy atom. The fraction of sp³-hybridized carbons (Fsp3) is 0.684. The Morgan fingerprint density at radius 3 is 2.48 bits per heavy atom. The molecule has 0 radical (unpaired) electrons. The summed E-state index contributed by atoms with van der Waals surface area (Å²) in [5.74, 6) is 3.02. The van der Waals surface area contributed by atoms with Crippen LogP contribution >= 0.6 is 11.8 Å². The zero-order valence-electron chi connectivity index (χ0n) is 15.1. The topological polar surface area (TPSA) is 49.4 Å². The Morgan fingerprint density at radius 2 is 1.88 bits per heavy atom. The molecule has 0 bridgehead atoms. The molecule has 2 fully saturated rings. The van der Waals surface area contributed by atoms with Gasteiger partial charge in [-0.05, 0) is 68.1 Å². The number of benzene rings is 1. The summed E-state index contributed by atoms with van der Waals surface area (Å²) in [6, 6.07) is 8.07. The molecule has 1 aromatic rings. The lowest BCUT2D eigenvalue weighted by Gasteiger charge is -2.35. The molecular weight excluding hydrogens is 352 g/mol. The summed E-state index contributed by atoms with van der Waals surface area (Å²) < 4.78 is 27.8. The SMILES string of the molecule is CCCc1ccc(S(=O)(=O)NCC2CCN(C3CCSC3)CC2)cc1. The van der Waals surface area contributed by atoms with Crippen molar-refractivity contribution in [1.29, 1.82) is 0 Å². The molecule has 1 atom stereocenters. The van der Waals surface area contributed by atoms with Crippen LogP contribution in [0.25, 0.3) is 0 Å². The lowest BCUT2D eigenvalue weighted by Crippen LogP contribution is -2.43. The predicted octanol–water partition coefficient (Wildman–Crippen LogP) is 3.13. The fourth-order valence-corrected chi connectivity index (χ4v) is 6.14. The first-order valence-corrected chi connectivity index (χ1v) is 12.1. The second-order valence-electron chi connectivity index (χ2n) is 7.24. The molecule has 1 unspecified atom stereocenters. The van der Waals surface area contributed by atoms with Crippen molar-refractivity contribution in [2.45, 2.75) is 50.0 Å². The number of piperidine rings is 1.